The average Bonchev–Trinajstić information content (AvgIpc) is 2.90. The van der Waals surface area contributed by atoms with E-state index in [-0.39, 0.29) is 35.2 Å². The molecule has 1 saturated heterocycles. The van der Waals surface area contributed by atoms with Crippen molar-refractivity contribution in [2.45, 2.75) is 24.6 Å². The third-order valence-corrected chi connectivity index (χ3v) is 7.21. The lowest BCUT2D eigenvalue weighted by molar-refractivity contribution is -0.146. The summed E-state index contributed by atoms with van der Waals surface area (Å²) in [6.45, 7) is 1.44. The summed E-state index contributed by atoms with van der Waals surface area (Å²) in [6, 6.07) is 6.87. The van der Waals surface area contributed by atoms with Crippen LogP contribution in [0.3, 0.4) is 0 Å². The number of carbonyl (C=O) groups is 2. The Hall–Kier alpha value is -1.25. The molecule has 1 aromatic carbocycles. The van der Waals surface area contributed by atoms with E-state index in [1.807, 2.05) is 13.0 Å². The highest BCUT2D eigenvalue weighted by atomic mass is 35.5. The minimum Gasteiger partial charge on any atom is -0.455 e. The van der Waals surface area contributed by atoms with E-state index in [1.165, 1.54) is 11.8 Å². The summed E-state index contributed by atoms with van der Waals surface area (Å²) < 4.78 is 27.6. The molecule has 0 aliphatic carbocycles. The minimum absolute atomic E-state index is 0.0390. The quantitative estimate of drug-likeness (QED) is 0.697. The zero-order chi connectivity index (χ0) is 18.4. The molecule has 1 amide bonds. The fourth-order valence-electron chi connectivity index (χ4n) is 2.41. The van der Waals surface area contributed by atoms with Crippen molar-refractivity contribution in [2.75, 3.05) is 23.9 Å². The Morgan fingerprint density at radius 3 is 2.84 bits per heavy atom. The van der Waals surface area contributed by atoms with Crippen molar-refractivity contribution in [1.29, 1.82) is 0 Å². The van der Waals surface area contributed by atoms with Crippen LogP contribution in [0.4, 0.5) is 0 Å². The van der Waals surface area contributed by atoms with Crippen molar-refractivity contribution in [2.24, 2.45) is 0 Å². The summed E-state index contributed by atoms with van der Waals surface area (Å²) >= 11 is 7.17. The summed E-state index contributed by atoms with van der Waals surface area (Å²) in [5, 5.41) is 3.23. The molecule has 0 aromatic heterocycles. The van der Waals surface area contributed by atoms with E-state index in [0.29, 0.717) is 11.4 Å². The molecule has 0 saturated carbocycles. The Morgan fingerprint density at radius 2 is 2.20 bits per heavy atom. The molecule has 0 unspecified atom stereocenters. The van der Waals surface area contributed by atoms with Crippen molar-refractivity contribution in [1.82, 2.24) is 5.32 Å². The molecule has 138 valence electrons. The fourth-order valence-corrected chi connectivity index (χ4v) is 6.05. The Labute approximate surface area is 156 Å². The van der Waals surface area contributed by atoms with E-state index in [0.717, 1.165) is 5.56 Å². The second kappa shape index (κ2) is 8.91. The van der Waals surface area contributed by atoms with E-state index in [2.05, 4.69) is 5.32 Å². The van der Waals surface area contributed by atoms with E-state index in [9.17, 15) is 18.0 Å². The molecular formula is C16H20ClNO5S2. The number of hydrogen-bond acceptors (Lipinski definition) is 6. The standard InChI is InChI=1S/C16H20ClNO5S2/c1-11(12-3-2-4-13(17)7-12)18-15(19)8-23-16(20)9-24-14-5-6-25(21,22)10-14/h2-4,7,11,14H,5-6,8-10H2,1H3,(H,18,19)/t11-,14+/m1/s1. The van der Waals surface area contributed by atoms with Crippen molar-refractivity contribution in [3.63, 3.8) is 0 Å². The van der Waals surface area contributed by atoms with Crippen LogP contribution in [0.2, 0.25) is 5.02 Å². The SMILES string of the molecule is C[C@@H](NC(=O)COC(=O)CS[C@H]1CCS(=O)(=O)C1)c1cccc(Cl)c1. The van der Waals surface area contributed by atoms with Gasteiger partial charge in [-0.25, -0.2) is 8.42 Å². The highest BCUT2D eigenvalue weighted by Gasteiger charge is 2.28. The number of esters is 1. The van der Waals surface area contributed by atoms with E-state index < -0.39 is 21.7 Å². The number of nitrogens with one attached hydrogen (secondary N) is 1. The number of halogens is 1. The number of ether oxygens (including phenoxy) is 1. The zero-order valence-corrected chi connectivity index (χ0v) is 16.1. The number of carbonyl (C=O) groups excluding carboxylic acids is 2. The highest BCUT2D eigenvalue weighted by molar-refractivity contribution is 8.02. The first-order valence-corrected chi connectivity index (χ1v) is 11.0. The number of thioether (sulfide) groups is 1. The van der Waals surface area contributed by atoms with Crippen LogP contribution in [-0.2, 0) is 24.2 Å². The molecule has 1 aliphatic rings. The number of sulfone groups is 1. The van der Waals surface area contributed by atoms with Crippen LogP contribution in [0.25, 0.3) is 0 Å². The second-order valence-electron chi connectivity index (χ2n) is 5.84. The van der Waals surface area contributed by atoms with Gasteiger partial charge < -0.3 is 10.1 Å². The smallest absolute Gasteiger partial charge is 0.316 e. The number of amides is 1. The molecule has 6 nitrogen and oxygen atoms in total. The lowest BCUT2D eigenvalue weighted by Gasteiger charge is -2.15. The van der Waals surface area contributed by atoms with Gasteiger partial charge in [0.05, 0.1) is 23.3 Å². The monoisotopic (exact) mass is 405 g/mol. The van der Waals surface area contributed by atoms with Gasteiger partial charge in [0.1, 0.15) is 0 Å². The van der Waals surface area contributed by atoms with Gasteiger partial charge in [-0.1, -0.05) is 23.7 Å². The highest BCUT2D eigenvalue weighted by Crippen LogP contribution is 2.24. The molecule has 2 atom stereocenters. The molecule has 1 N–H and O–H groups in total. The molecule has 1 aliphatic heterocycles. The molecule has 0 bridgehead atoms. The normalized spacial score (nSPS) is 20.0. The van der Waals surface area contributed by atoms with Crippen LogP contribution in [0.1, 0.15) is 24.9 Å². The number of rotatable bonds is 7. The van der Waals surface area contributed by atoms with E-state index in [1.54, 1.807) is 18.2 Å². The predicted octanol–water partition coefficient (Wildman–Crippen LogP) is 1.98. The first-order chi connectivity index (χ1) is 11.7. The Balaban J connectivity index is 1.68. The van der Waals surface area contributed by atoms with Crippen LogP contribution in [-0.4, -0.2) is 49.4 Å². The summed E-state index contributed by atoms with van der Waals surface area (Å²) in [5.41, 5.74) is 0.852. The van der Waals surface area contributed by atoms with Gasteiger partial charge in [0.2, 0.25) is 0 Å². The van der Waals surface area contributed by atoms with Gasteiger partial charge in [0.15, 0.2) is 16.4 Å². The molecule has 1 fully saturated rings. The molecule has 1 heterocycles. The van der Waals surface area contributed by atoms with Gasteiger partial charge in [-0.15, -0.1) is 11.8 Å². The number of benzene rings is 1. The van der Waals surface area contributed by atoms with Crippen molar-refractivity contribution in [3.8, 4) is 0 Å². The molecule has 1 aromatic rings. The Bertz CT molecular complexity index is 738. The third-order valence-electron chi connectivity index (χ3n) is 3.72. The minimum atomic E-state index is -2.96. The maximum Gasteiger partial charge on any atom is 0.316 e. The molecular weight excluding hydrogens is 386 g/mol. The second-order valence-corrected chi connectivity index (χ2v) is 9.79. The first kappa shape index (κ1) is 20.1. The zero-order valence-electron chi connectivity index (χ0n) is 13.7. The lowest BCUT2D eigenvalue weighted by Crippen LogP contribution is -2.31. The first-order valence-electron chi connectivity index (χ1n) is 7.77. The van der Waals surface area contributed by atoms with Gasteiger partial charge in [-0.05, 0) is 31.0 Å². The van der Waals surface area contributed by atoms with Gasteiger partial charge in [0.25, 0.3) is 5.91 Å². The number of hydrogen-bond donors (Lipinski definition) is 1. The topological polar surface area (TPSA) is 89.5 Å². The molecule has 2 rings (SSSR count). The lowest BCUT2D eigenvalue weighted by atomic mass is 10.1. The van der Waals surface area contributed by atoms with Crippen molar-refractivity contribution < 1.29 is 22.7 Å². The fraction of sp³-hybridized carbons (Fsp3) is 0.500. The average molecular weight is 406 g/mol. The van der Waals surface area contributed by atoms with Gasteiger partial charge in [0, 0.05) is 10.3 Å². The molecule has 9 heteroatoms. The van der Waals surface area contributed by atoms with Gasteiger partial charge in [-0.2, -0.15) is 0 Å². The Kier molecular flexibility index (Phi) is 7.15. The third kappa shape index (κ3) is 6.87. The van der Waals surface area contributed by atoms with E-state index >= 15 is 0 Å². The van der Waals surface area contributed by atoms with Crippen LogP contribution < -0.4 is 5.32 Å². The summed E-state index contributed by atoms with van der Waals surface area (Å²) in [7, 11) is -2.96. The van der Waals surface area contributed by atoms with Crippen LogP contribution in [0.5, 0.6) is 0 Å². The van der Waals surface area contributed by atoms with Crippen LogP contribution >= 0.6 is 23.4 Å². The molecule has 0 spiro atoms. The Morgan fingerprint density at radius 1 is 1.44 bits per heavy atom. The maximum atomic E-state index is 11.9. The van der Waals surface area contributed by atoms with E-state index in [4.69, 9.17) is 16.3 Å². The summed E-state index contributed by atoms with van der Waals surface area (Å²) in [6.07, 6.45) is 0.553. The molecule has 25 heavy (non-hydrogen) atoms. The van der Waals surface area contributed by atoms with Gasteiger partial charge >= 0.3 is 5.97 Å². The van der Waals surface area contributed by atoms with Crippen LogP contribution in [0, 0.1) is 0 Å². The predicted molar refractivity (Wildman–Crippen MR) is 98.5 cm³/mol. The summed E-state index contributed by atoms with van der Waals surface area (Å²) in [5.74, 6) is -0.627. The molecule has 0 radical (unpaired) electrons. The largest absolute Gasteiger partial charge is 0.455 e. The van der Waals surface area contributed by atoms with Crippen LogP contribution in [0.15, 0.2) is 24.3 Å². The maximum absolute atomic E-state index is 11.9. The summed E-state index contributed by atoms with van der Waals surface area (Å²) in [4.78, 5) is 23.5. The van der Waals surface area contributed by atoms with Crippen molar-refractivity contribution in [3.05, 3.63) is 34.9 Å². The van der Waals surface area contributed by atoms with Gasteiger partial charge in [-0.3, -0.25) is 9.59 Å². The van der Waals surface area contributed by atoms with Crippen molar-refractivity contribution >= 4 is 45.1 Å².